The Balaban J connectivity index is 2.16. The van der Waals surface area contributed by atoms with Crippen LogP contribution in [-0.2, 0) is 6.42 Å². The van der Waals surface area contributed by atoms with Crippen molar-refractivity contribution >= 4 is 10.9 Å². The lowest BCUT2D eigenvalue weighted by molar-refractivity contribution is 0.473. The van der Waals surface area contributed by atoms with Crippen LogP contribution in [0.5, 0.6) is 0 Å². The maximum atomic E-state index is 3.60. The molecule has 2 nitrogen and oxygen atoms in total. The van der Waals surface area contributed by atoms with Crippen LogP contribution in [0.3, 0.4) is 0 Å². The molecule has 2 N–H and O–H groups in total. The van der Waals surface area contributed by atoms with Crippen LogP contribution in [0.1, 0.15) is 37.1 Å². The average molecular weight is 214 g/mol. The molecule has 1 aliphatic rings. The van der Waals surface area contributed by atoms with E-state index in [1.807, 2.05) is 0 Å². The molecule has 16 heavy (non-hydrogen) atoms. The number of fused-ring (bicyclic) bond motifs is 3. The highest BCUT2D eigenvalue weighted by Crippen LogP contribution is 2.35. The van der Waals surface area contributed by atoms with E-state index >= 15 is 0 Å². The fraction of sp³-hybridized carbons (Fsp3) is 0.429. The summed E-state index contributed by atoms with van der Waals surface area (Å²) in [6.07, 6.45) is 3.76. The molecule has 0 saturated carbocycles. The molecule has 1 aromatic heterocycles. The van der Waals surface area contributed by atoms with Gasteiger partial charge in [0.25, 0.3) is 0 Å². The normalized spacial score (nSPS) is 19.9. The Labute approximate surface area is 96.1 Å². The Morgan fingerprint density at radius 2 is 2.25 bits per heavy atom. The third-order valence-corrected chi connectivity index (χ3v) is 3.55. The Morgan fingerprint density at radius 1 is 1.38 bits per heavy atom. The molecule has 1 unspecified atom stereocenters. The second kappa shape index (κ2) is 3.95. The first-order valence-corrected chi connectivity index (χ1v) is 6.23. The highest BCUT2D eigenvalue weighted by Gasteiger charge is 2.23. The van der Waals surface area contributed by atoms with Crippen LogP contribution in [0.25, 0.3) is 10.9 Å². The van der Waals surface area contributed by atoms with Gasteiger partial charge in [-0.3, -0.25) is 0 Å². The average Bonchev–Trinajstić information content (AvgIpc) is 2.68. The lowest BCUT2D eigenvalue weighted by Gasteiger charge is -2.23. The lowest BCUT2D eigenvalue weighted by Crippen LogP contribution is -2.24. The van der Waals surface area contributed by atoms with Crippen molar-refractivity contribution in [2.45, 2.75) is 32.2 Å². The van der Waals surface area contributed by atoms with E-state index in [9.17, 15) is 0 Å². The van der Waals surface area contributed by atoms with Gasteiger partial charge in [0.15, 0.2) is 0 Å². The SMILES string of the molecule is CCNC1CCCc2[nH]c3ccccc3c21. The minimum Gasteiger partial charge on any atom is -0.358 e. The van der Waals surface area contributed by atoms with E-state index in [0.29, 0.717) is 6.04 Å². The van der Waals surface area contributed by atoms with E-state index < -0.39 is 0 Å². The van der Waals surface area contributed by atoms with Gasteiger partial charge in [-0.15, -0.1) is 0 Å². The van der Waals surface area contributed by atoms with Crippen LogP contribution >= 0.6 is 0 Å². The van der Waals surface area contributed by atoms with Crippen LogP contribution in [0.15, 0.2) is 24.3 Å². The van der Waals surface area contributed by atoms with Gasteiger partial charge in [0.05, 0.1) is 0 Å². The fourth-order valence-electron chi connectivity index (χ4n) is 2.89. The van der Waals surface area contributed by atoms with Crippen molar-refractivity contribution in [3.63, 3.8) is 0 Å². The van der Waals surface area contributed by atoms with E-state index in [1.54, 1.807) is 0 Å². The summed E-state index contributed by atoms with van der Waals surface area (Å²) in [4.78, 5) is 3.56. The van der Waals surface area contributed by atoms with Crippen molar-refractivity contribution in [3.8, 4) is 0 Å². The van der Waals surface area contributed by atoms with Crippen LogP contribution < -0.4 is 5.32 Å². The minimum absolute atomic E-state index is 0.546. The van der Waals surface area contributed by atoms with E-state index in [0.717, 1.165) is 6.54 Å². The minimum atomic E-state index is 0.546. The summed E-state index contributed by atoms with van der Waals surface area (Å²) in [6, 6.07) is 9.20. The smallest absolute Gasteiger partial charge is 0.0459 e. The standard InChI is InChI=1S/C14H18N2/c1-2-15-12-8-5-9-13-14(12)10-6-3-4-7-11(10)16-13/h3-4,6-7,12,15-16H,2,5,8-9H2,1H3. The van der Waals surface area contributed by atoms with Gasteiger partial charge >= 0.3 is 0 Å². The van der Waals surface area contributed by atoms with Crippen LogP contribution in [0.2, 0.25) is 0 Å². The first-order chi connectivity index (χ1) is 7.90. The summed E-state index contributed by atoms with van der Waals surface area (Å²) in [5, 5.41) is 5.00. The molecule has 0 aliphatic heterocycles. The maximum absolute atomic E-state index is 3.60. The van der Waals surface area contributed by atoms with Gasteiger partial charge in [-0.1, -0.05) is 25.1 Å². The summed E-state index contributed by atoms with van der Waals surface area (Å²) in [7, 11) is 0. The lowest BCUT2D eigenvalue weighted by atomic mass is 9.91. The molecule has 2 aromatic rings. The number of aromatic amines is 1. The molecule has 0 spiro atoms. The maximum Gasteiger partial charge on any atom is 0.0459 e. The van der Waals surface area contributed by atoms with Gasteiger partial charge in [-0.2, -0.15) is 0 Å². The highest BCUT2D eigenvalue weighted by atomic mass is 14.9. The van der Waals surface area contributed by atoms with Crippen molar-refractivity contribution in [1.29, 1.82) is 0 Å². The topological polar surface area (TPSA) is 27.8 Å². The molecule has 1 atom stereocenters. The molecular weight excluding hydrogens is 196 g/mol. The van der Waals surface area contributed by atoms with Gasteiger partial charge < -0.3 is 10.3 Å². The molecule has 3 rings (SSSR count). The van der Waals surface area contributed by atoms with Crippen molar-refractivity contribution < 1.29 is 0 Å². The van der Waals surface area contributed by atoms with Gasteiger partial charge in [-0.25, -0.2) is 0 Å². The van der Waals surface area contributed by atoms with Crippen LogP contribution in [-0.4, -0.2) is 11.5 Å². The van der Waals surface area contributed by atoms with Crippen LogP contribution in [0.4, 0.5) is 0 Å². The van der Waals surface area contributed by atoms with E-state index in [1.165, 1.54) is 41.4 Å². The second-order valence-corrected chi connectivity index (χ2v) is 4.57. The Hall–Kier alpha value is -1.28. The van der Waals surface area contributed by atoms with Gasteiger partial charge in [0, 0.05) is 22.6 Å². The number of hydrogen-bond acceptors (Lipinski definition) is 1. The molecule has 0 radical (unpaired) electrons. The quantitative estimate of drug-likeness (QED) is 0.789. The zero-order valence-corrected chi connectivity index (χ0v) is 9.72. The zero-order valence-electron chi connectivity index (χ0n) is 9.72. The summed E-state index contributed by atoms with van der Waals surface area (Å²) in [5.74, 6) is 0. The molecule has 1 heterocycles. The number of benzene rings is 1. The zero-order chi connectivity index (χ0) is 11.0. The number of aromatic nitrogens is 1. The molecule has 1 aromatic carbocycles. The predicted molar refractivity (Wildman–Crippen MR) is 67.7 cm³/mol. The molecular formula is C14H18N2. The highest BCUT2D eigenvalue weighted by molar-refractivity contribution is 5.85. The third kappa shape index (κ3) is 1.45. The van der Waals surface area contributed by atoms with Crippen LogP contribution in [0, 0.1) is 0 Å². The molecule has 0 fully saturated rings. The predicted octanol–water partition coefficient (Wildman–Crippen LogP) is 3.15. The molecule has 0 saturated heterocycles. The van der Waals surface area contributed by atoms with Crippen molar-refractivity contribution in [2.24, 2.45) is 0 Å². The van der Waals surface area contributed by atoms with Gasteiger partial charge in [0.2, 0.25) is 0 Å². The Bertz CT molecular complexity index is 498. The summed E-state index contributed by atoms with van der Waals surface area (Å²) in [6.45, 7) is 3.23. The molecule has 2 heteroatoms. The van der Waals surface area contributed by atoms with Crippen molar-refractivity contribution in [1.82, 2.24) is 10.3 Å². The van der Waals surface area contributed by atoms with E-state index in [2.05, 4.69) is 41.5 Å². The van der Waals surface area contributed by atoms with Crippen molar-refractivity contribution in [2.75, 3.05) is 6.54 Å². The summed E-state index contributed by atoms with van der Waals surface area (Å²) < 4.78 is 0. The third-order valence-electron chi connectivity index (χ3n) is 3.55. The van der Waals surface area contributed by atoms with Gasteiger partial charge in [-0.05, 0) is 37.4 Å². The Kier molecular flexibility index (Phi) is 2.44. The Morgan fingerprint density at radius 3 is 3.12 bits per heavy atom. The number of rotatable bonds is 2. The van der Waals surface area contributed by atoms with E-state index in [4.69, 9.17) is 0 Å². The summed E-state index contributed by atoms with van der Waals surface area (Å²) >= 11 is 0. The number of nitrogens with one attached hydrogen (secondary N) is 2. The molecule has 1 aliphatic carbocycles. The monoisotopic (exact) mass is 214 g/mol. The second-order valence-electron chi connectivity index (χ2n) is 4.57. The first kappa shape index (κ1) is 9.91. The summed E-state index contributed by atoms with van der Waals surface area (Å²) in [5.41, 5.74) is 4.25. The molecule has 0 bridgehead atoms. The number of para-hydroxylation sites is 1. The largest absolute Gasteiger partial charge is 0.358 e. The molecule has 84 valence electrons. The number of hydrogen-bond donors (Lipinski definition) is 2. The van der Waals surface area contributed by atoms with E-state index in [-0.39, 0.29) is 0 Å². The molecule has 0 amide bonds. The fourth-order valence-corrected chi connectivity index (χ4v) is 2.89. The first-order valence-electron chi connectivity index (χ1n) is 6.23. The van der Waals surface area contributed by atoms with Gasteiger partial charge in [0.1, 0.15) is 0 Å². The number of H-pyrrole nitrogens is 1. The number of aryl methyl sites for hydroxylation is 1. The van der Waals surface area contributed by atoms with Crippen molar-refractivity contribution in [3.05, 3.63) is 35.5 Å².